The standard InChI is InChI=1S/C11H14ClN3S2/c1-3-4-10-14-11(17-15-10)13-7(2)8-5-6-9(12)16-8/h5-7H,3-4H2,1-2H3,(H,13,14,15). The van der Waals surface area contributed by atoms with E-state index in [1.807, 2.05) is 12.1 Å². The van der Waals surface area contributed by atoms with Gasteiger partial charge in [-0.25, -0.2) is 4.98 Å². The van der Waals surface area contributed by atoms with Crippen LogP contribution in [0.25, 0.3) is 0 Å². The zero-order valence-electron chi connectivity index (χ0n) is 9.74. The van der Waals surface area contributed by atoms with E-state index in [-0.39, 0.29) is 6.04 Å². The third-order valence-corrected chi connectivity index (χ3v) is 4.40. The number of nitrogens with zero attached hydrogens (tertiary/aromatic N) is 2. The van der Waals surface area contributed by atoms with Crippen molar-refractivity contribution in [3.8, 4) is 0 Å². The van der Waals surface area contributed by atoms with E-state index in [1.54, 1.807) is 11.3 Å². The van der Waals surface area contributed by atoms with Crippen LogP contribution >= 0.6 is 34.5 Å². The molecule has 0 fully saturated rings. The minimum absolute atomic E-state index is 0.218. The molecule has 0 aliphatic rings. The second-order valence-corrected chi connectivity index (χ2v) is 6.27. The number of hydrogen-bond acceptors (Lipinski definition) is 5. The smallest absolute Gasteiger partial charge is 0.203 e. The molecule has 1 atom stereocenters. The zero-order chi connectivity index (χ0) is 12.3. The van der Waals surface area contributed by atoms with Crippen molar-refractivity contribution in [3.05, 3.63) is 27.2 Å². The minimum Gasteiger partial charge on any atom is -0.353 e. The number of rotatable bonds is 5. The molecule has 92 valence electrons. The summed E-state index contributed by atoms with van der Waals surface area (Å²) in [5.41, 5.74) is 0. The van der Waals surface area contributed by atoms with Gasteiger partial charge in [-0.3, -0.25) is 0 Å². The van der Waals surface area contributed by atoms with Gasteiger partial charge in [0.05, 0.1) is 10.4 Å². The van der Waals surface area contributed by atoms with Gasteiger partial charge in [-0.1, -0.05) is 18.5 Å². The number of aryl methyl sites for hydroxylation is 1. The normalized spacial score (nSPS) is 12.6. The van der Waals surface area contributed by atoms with E-state index in [9.17, 15) is 0 Å². The monoisotopic (exact) mass is 287 g/mol. The molecule has 0 radical (unpaired) electrons. The molecule has 2 aromatic rings. The van der Waals surface area contributed by atoms with Gasteiger partial charge in [0.25, 0.3) is 0 Å². The first-order valence-electron chi connectivity index (χ1n) is 5.53. The van der Waals surface area contributed by atoms with Gasteiger partial charge in [0.2, 0.25) is 5.13 Å². The number of aromatic nitrogens is 2. The highest BCUT2D eigenvalue weighted by Crippen LogP contribution is 2.29. The molecular formula is C11H14ClN3S2. The van der Waals surface area contributed by atoms with E-state index in [1.165, 1.54) is 16.4 Å². The van der Waals surface area contributed by atoms with Crippen LogP contribution in [-0.2, 0) is 6.42 Å². The summed E-state index contributed by atoms with van der Waals surface area (Å²) < 4.78 is 5.12. The summed E-state index contributed by atoms with van der Waals surface area (Å²) in [4.78, 5) is 5.65. The number of anilines is 1. The van der Waals surface area contributed by atoms with E-state index < -0.39 is 0 Å². The first kappa shape index (κ1) is 12.8. The van der Waals surface area contributed by atoms with E-state index >= 15 is 0 Å². The van der Waals surface area contributed by atoms with Gasteiger partial charge in [-0.2, -0.15) is 4.37 Å². The zero-order valence-corrected chi connectivity index (χ0v) is 12.1. The quantitative estimate of drug-likeness (QED) is 0.887. The molecule has 2 aromatic heterocycles. The Balaban J connectivity index is 1.99. The lowest BCUT2D eigenvalue weighted by Crippen LogP contribution is -2.04. The number of nitrogens with one attached hydrogen (secondary N) is 1. The van der Waals surface area contributed by atoms with E-state index in [0.717, 1.165) is 28.1 Å². The molecule has 3 nitrogen and oxygen atoms in total. The lowest BCUT2D eigenvalue weighted by molar-refractivity contribution is 0.852. The molecule has 0 aromatic carbocycles. The Morgan fingerprint density at radius 2 is 2.29 bits per heavy atom. The fourth-order valence-electron chi connectivity index (χ4n) is 1.46. The molecule has 1 unspecified atom stereocenters. The van der Waals surface area contributed by atoms with Crippen molar-refractivity contribution in [2.75, 3.05) is 5.32 Å². The lowest BCUT2D eigenvalue weighted by atomic mass is 10.3. The van der Waals surface area contributed by atoms with Crippen LogP contribution < -0.4 is 5.32 Å². The van der Waals surface area contributed by atoms with Crippen LogP contribution in [0, 0.1) is 0 Å². The van der Waals surface area contributed by atoms with Crippen molar-refractivity contribution in [2.24, 2.45) is 0 Å². The molecule has 2 heterocycles. The third kappa shape index (κ3) is 3.40. The molecule has 0 saturated heterocycles. The van der Waals surface area contributed by atoms with E-state index in [2.05, 4.69) is 28.5 Å². The van der Waals surface area contributed by atoms with Gasteiger partial charge < -0.3 is 5.32 Å². The van der Waals surface area contributed by atoms with Gasteiger partial charge in [-0.05, 0) is 25.5 Å². The summed E-state index contributed by atoms with van der Waals surface area (Å²) in [5.74, 6) is 0.927. The Bertz CT molecular complexity index is 481. The highest BCUT2D eigenvalue weighted by molar-refractivity contribution is 7.16. The van der Waals surface area contributed by atoms with Gasteiger partial charge in [0.15, 0.2) is 0 Å². The largest absolute Gasteiger partial charge is 0.353 e. The van der Waals surface area contributed by atoms with Crippen molar-refractivity contribution < 1.29 is 0 Å². The Hall–Kier alpha value is -0.650. The molecule has 0 bridgehead atoms. The average Bonchev–Trinajstić information content (AvgIpc) is 2.88. The highest BCUT2D eigenvalue weighted by atomic mass is 35.5. The van der Waals surface area contributed by atoms with Crippen molar-refractivity contribution in [1.82, 2.24) is 9.36 Å². The Kier molecular flexibility index (Phi) is 4.36. The third-order valence-electron chi connectivity index (χ3n) is 2.30. The van der Waals surface area contributed by atoms with Crippen molar-refractivity contribution in [3.63, 3.8) is 0 Å². The van der Waals surface area contributed by atoms with Gasteiger partial charge in [-0.15, -0.1) is 11.3 Å². The average molecular weight is 288 g/mol. The van der Waals surface area contributed by atoms with Crippen LogP contribution in [0.1, 0.15) is 37.0 Å². The second kappa shape index (κ2) is 5.80. The topological polar surface area (TPSA) is 37.8 Å². The maximum absolute atomic E-state index is 5.92. The predicted molar refractivity (Wildman–Crippen MR) is 75.3 cm³/mol. The summed E-state index contributed by atoms with van der Waals surface area (Å²) in [6, 6.07) is 4.18. The molecule has 0 aliphatic carbocycles. The predicted octanol–water partition coefficient (Wildman–Crippen LogP) is 4.38. The molecule has 0 spiro atoms. The van der Waals surface area contributed by atoms with Gasteiger partial charge >= 0.3 is 0 Å². The van der Waals surface area contributed by atoms with E-state index in [0.29, 0.717) is 0 Å². The first-order chi connectivity index (χ1) is 8.19. The Morgan fingerprint density at radius 1 is 1.47 bits per heavy atom. The summed E-state index contributed by atoms with van der Waals surface area (Å²) >= 11 is 8.93. The fraction of sp³-hybridized carbons (Fsp3) is 0.455. The first-order valence-corrected chi connectivity index (χ1v) is 7.50. The Labute approximate surface area is 114 Å². The van der Waals surface area contributed by atoms with Crippen LogP contribution in [-0.4, -0.2) is 9.36 Å². The van der Waals surface area contributed by atoms with Crippen molar-refractivity contribution >= 4 is 39.6 Å². The molecule has 0 amide bonds. The molecule has 6 heteroatoms. The Morgan fingerprint density at radius 3 is 2.94 bits per heavy atom. The highest BCUT2D eigenvalue weighted by Gasteiger charge is 2.10. The van der Waals surface area contributed by atoms with Crippen LogP contribution in [0.15, 0.2) is 12.1 Å². The maximum atomic E-state index is 5.92. The summed E-state index contributed by atoms with van der Waals surface area (Å²) in [6.07, 6.45) is 2.02. The number of hydrogen-bond donors (Lipinski definition) is 1. The minimum atomic E-state index is 0.218. The van der Waals surface area contributed by atoms with Crippen LogP contribution in [0.4, 0.5) is 5.13 Å². The van der Waals surface area contributed by atoms with Crippen LogP contribution in [0.5, 0.6) is 0 Å². The lowest BCUT2D eigenvalue weighted by Gasteiger charge is -2.09. The summed E-state index contributed by atoms with van der Waals surface area (Å²) in [6.45, 7) is 4.23. The van der Waals surface area contributed by atoms with Crippen LogP contribution in [0.2, 0.25) is 4.34 Å². The van der Waals surface area contributed by atoms with Crippen molar-refractivity contribution in [1.29, 1.82) is 0 Å². The van der Waals surface area contributed by atoms with Gasteiger partial charge in [0.1, 0.15) is 5.82 Å². The SMILES string of the molecule is CCCc1nsc(NC(C)c2ccc(Cl)s2)n1. The molecule has 17 heavy (non-hydrogen) atoms. The molecule has 0 aliphatic heterocycles. The fourth-order valence-corrected chi connectivity index (χ4v) is 3.22. The molecule has 2 rings (SSSR count). The van der Waals surface area contributed by atoms with E-state index in [4.69, 9.17) is 11.6 Å². The van der Waals surface area contributed by atoms with Gasteiger partial charge in [0, 0.05) is 22.8 Å². The summed E-state index contributed by atoms with van der Waals surface area (Å²) in [5, 5.41) is 4.23. The summed E-state index contributed by atoms with van der Waals surface area (Å²) in [7, 11) is 0. The number of halogens is 1. The molecular weight excluding hydrogens is 274 g/mol. The molecule has 0 saturated carbocycles. The van der Waals surface area contributed by atoms with Crippen LogP contribution in [0.3, 0.4) is 0 Å². The van der Waals surface area contributed by atoms with Crippen molar-refractivity contribution in [2.45, 2.75) is 32.7 Å². The maximum Gasteiger partial charge on any atom is 0.203 e. The molecule has 1 N–H and O–H groups in total. The number of thiophene rings is 1. The second-order valence-electron chi connectivity index (χ2n) is 3.77.